The fourth-order valence-electron chi connectivity index (χ4n) is 6.63. The first-order chi connectivity index (χ1) is 17.0. The SMILES string of the molecule is CC1CC(C)(C)CC2(C1)NC(=O)N(CC(=O)OC(C)C(=O)N1CCC(Cc3ccccc3)CC1)C2=O. The van der Waals surface area contributed by atoms with Crippen LogP contribution in [0.25, 0.3) is 0 Å². The summed E-state index contributed by atoms with van der Waals surface area (Å²) in [4.78, 5) is 54.1. The summed E-state index contributed by atoms with van der Waals surface area (Å²) in [5, 5.41) is 2.86. The van der Waals surface area contributed by atoms with Gasteiger partial charge in [-0.05, 0) is 68.3 Å². The Balaban J connectivity index is 1.27. The van der Waals surface area contributed by atoms with Gasteiger partial charge in [0.1, 0.15) is 12.1 Å². The summed E-state index contributed by atoms with van der Waals surface area (Å²) < 4.78 is 5.38. The molecule has 3 fully saturated rings. The second-order valence-corrected chi connectivity index (χ2v) is 11.8. The molecule has 0 aromatic heterocycles. The van der Waals surface area contributed by atoms with E-state index in [1.54, 1.807) is 11.8 Å². The molecule has 3 aliphatic rings. The maximum absolute atomic E-state index is 13.2. The molecule has 196 valence electrons. The number of piperidine rings is 1. The van der Waals surface area contributed by atoms with Crippen LogP contribution in [0.15, 0.2) is 30.3 Å². The Morgan fingerprint density at radius 2 is 1.78 bits per heavy atom. The van der Waals surface area contributed by atoms with Gasteiger partial charge in [-0.2, -0.15) is 0 Å². The number of amides is 4. The van der Waals surface area contributed by atoms with Crippen LogP contribution in [-0.4, -0.2) is 64.9 Å². The lowest BCUT2D eigenvalue weighted by molar-refractivity contribution is -0.161. The number of carbonyl (C=O) groups is 4. The van der Waals surface area contributed by atoms with E-state index in [0.717, 1.165) is 30.6 Å². The number of likely N-dealkylation sites (tertiary alicyclic amines) is 1. The first kappa shape index (κ1) is 26.2. The molecule has 36 heavy (non-hydrogen) atoms. The average Bonchev–Trinajstić information content (AvgIpc) is 3.01. The molecule has 3 atom stereocenters. The molecule has 2 saturated heterocycles. The van der Waals surface area contributed by atoms with Crippen molar-refractivity contribution in [3.05, 3.63) is 35.9 Å². The molecule has 3 unspecified atom stereocenters. The summed E-state index contributed by atoms with van der Waals surface area (Å²) in [5.74, 6) is -0.562. The molecule has 8 nitrogen and oxygen atoms in total. The third-order valence-corrected chi connectivity index (χ3v) is 7.86. The van der Waals surface area contributed by atoms with Crippen molar-refractivity contribution >= 4 is 23.8 Å². The van der Waals surface area contributed by atoms with E-state index in [2.05, 4.69) is 38.2 Å². The Morgan fingerprint density at radius 3 is 2.42 bits per heavy atom. The second kappa shape index (κ2) is 10.2. The lowest BCUT2D eigenvalue weighted by Gasteiger charge is -2.43. The van der Waals surface area contributed by atoms with Gasteiger partial charge in [0.2, 0.25) is 0 Å². The number of benzene rings is 1. The second-order valence-electron chi connectivity index (χ2n) is 11.8. The molecule has 2 aliphatic heterocycles. The molecular formula is C28H39N3O5. The Hall–Kier alpha value is -2.90. The highest BCUT2D eigenvalue weighted by Crippen LogP contribution is 2.46. The van der Waals surface area contributed by atoms with E-state index in [4.69, 9.17) is 4.74 Å². The molecule has 1 aliphatic carbocycles. The van der Waals surface area contributed by atoms with Gasteiger partial charge in [-0.3, -0.25) is 19.3 Å². The van der Waals surface area contributed by atoms with Crippen molar-refractivity contribution in [1.82, 2.24) is 15.1 Å². The third-order valence-electron chi connectivity index (χ3n) is 7.86. The molecule has 1 spiro atoms. The first-order valence-corrected chi connectivity index (χ1v) is 13.1. The average molecular weight is 498 g/mol. The van der Waals surface area contributed by atoms with Gasteiger partial charge < -0.3 is 15.0 Å². The Morgan fingerprint density at radius 1 is 1.11 bits per heavy atom. The van der Waals surface area contributed by atoms with Gasteiger partial charge in [0.05, 0.1) is 0 Å². The van der Waals surface area contributed by atoms with Gasteiger partial charge in [-0.1, -0.05) is 51.1 Å². The number of esters is 1. The van der Waals surface area contributed by atoms with E-state index in [-0.39, 0.29) is 23.1 Å². The zero-order valence-electron chi connectivity index (χ0n) is 21.9. The zero-order chi connectivity index (χ0) is 26.1. The van der Waals surface area contributed by atoms with Crippen LogP contribution in [0.1, 0.15) is 65.4 Å². The predicted octanol–water partition coefficient (Wildman–Crippen LogP) is 3.54. The van der Waals surface area contributed by atoms with Gasteiger partial charge in [-0.15, -0.1) is 0 Å². The van der Waals surface area contributed by atoms with Gasteiger partial charge in [0.15, 0.2) is 6.10 Å². The Kier molecular flexibility index (Phi) is 7.43. The number of nitrogens with one attached hydrogen (secondary N) is 1. The number of imide groups is 1. The van der Waals surface area contributed by atoms with Crippen LogP contribution < -0.4 is 5.32 Å². The van der Waals surface area contributed by atoms with Crippen LogP contribution in [0.2, 0.25) is 0 Å². The molecule has 1 saturated carbocycles. The van der Waals surface area contributed by atoms with Gasteiger partial charge in [0, 0.05) is 13.1 Å². The first-order valence-electron chi connectivity index (χ1n) is 13.1. The van der Waals surface area contributed by atoms with Crippen molar-refractivity contribution in [2.24, 2.45) is 17.3 Å². The number of urea groups is 1. The number of carbonyl (C=O) groups excluding carboxylic acids is 4. The van der Waals surface area contributed by atoms with Crippen molar-refractivity contribution in [2.45, 2.75) is 77.9 Å². The molecule has 0 radical (unpaired) electrons. The maximum Gasteiger partial charge on any atom is 0.327 e. The number of rotatable bonds is 6. The van der Waals surface area contributed by atoms with E-state index in [9.17, 15) is 19.2 Å². The fourth-order valence-corrected chi connectivity index (χ4v) is 6.63. The maximum atomic E-state index is 13.2. The van der Waals surface area contributed by atoms with Crippen molar-refractivity contribution in [2.75, 3.05) is 19.6 Å². The number of hydrogen-bond donors (Lipinski definition) is 1. The van der Waals surface area contributed by atoms with Crippen LogP contribution in [0.4, 0.5) is 4.79 Å². The summed E-state index contributed by atoms with van der Waals surface area (Å²) in [6, 6.07) is 9.78. The highest BCUT2D eigenvalue weighted by atomic mass is 16.5. The van der Waals surface area contributed by atoms with Crippen LogP contribution >= 0.6 is 0 Å². The number of nitrogens with zero attached hydrogens (tertiary/aromatic N) is 2. The topological polar surface area (TPSA) is 96.0 Å². The van der Waals surface area contributed by atoms with Gasteiger partial charge in [-0.25, -0.2) is 4.79 Å². The summed E-state index contributed by atoms with van der Waals surface area (Å²) in [7, 11) is 0. The van der Waals surface area contributed by atoms with E-state index in [1.165, 1.54) is 5.56 Å². The predicted molar refractivity (Wildman–Crippen MR) is 135 cm³/mol. The minimum Gasteiger partial charge on any atom is -0.451 e. The van der Waals surface area contributed by atoms with Crippen molar-refractivity contribution in [1.29, 1.82) is 0 Å². The lowest BCUT2D eigenvalue weighted by atomic mass is 9.64. The number of hydrogen-bond acceptors (Lipinski definition) is 5. The largest absolute Gasteiger partial charge is 0.451 e. The fraction of sp³-hybridized carbons (Fsp3) is 0.643. The molecule has 0 bridgehead atoms. The molecular weight excluding hydrogens is 458 g/mol. The summed E-state index contributed by atoms with van der Waals surface area (Å²) >= 11 is 0. The standard InChI is InChI=1S/C28H39N3O5/c1-19-15-27(3,4)18-28(16-19)25(34)31(26(35)29-28)17-23(32)36-20(2)24(33)30-12-10-22(11-13-30)14-21-8-6-5-7-9-21/h5-9,19-20,22H,10-18H2,1-4H3,(H,29,35). The van der Waals surface area contributed by atoms with Crippen LogP contribution in [0.3, 0.4) is 0 Å². The monoisotopic (exact) mass is 497 g/mol. The lowest BCUT2D eigenvalue weighted by Crippen LogP contribution is -2.54. The molecule has 1 aromatic rings. The minimum atomic E-state index is -0.968. The smallest absolute Gasteiger partial charge is 0.327 e. The van der Waals surface area contributed by atoms with E-state index >= 15 is 0 Å². The van der Waals surface area contributed by atoms with Crippen molar-refractivity contribution in [3.8, 4) is 0 Å². The molecule has 4 rings (SSSR count). The Labute approximate surface area is 213 Å². The van der Waals surface area contributed by atoms with E-state index in [1.807, 2.05) is 18.2 Å². The summed E-state index contributed by atoms with van der Waals surface area (Å²) in [6.45, 7) is 8.59. The molecule has 2 heterocycles. The van der Waals surface area contributed by atoms with Gasteiger partial charge in [0.25, 0.3) is 11.8 Å². The normalized spacial score (nSPS) is 27.2. The van der Waals surface area contributed by atoms with Crippen LogP contribution in [-0.2, 0) is 25.5 Å². The molecule has 4 amide bonds. The third kappa shape index (κ3) is 5.73. The van der Waals surface area contributed by atoms with Crippen LogP contribution in [0, 0.1) is 17.3 Å². The minimum absolute atomic E-state index is 0.0907. The quantitative estimate of drug-likeness (QED) is 0.479. The van der Waals surface area contributed by atoms with Gasteiger partial charge >= 0.3 is 12.0 Å². The molecule has 8 heteroatoms. The summed E-state index contributed by atoms with van der Waals surface area (Å²) in [6.07, 6.45) is 3.91. The van der Waals surface area contributed by atoms with Crippen LogP contribution in [0.5, 0.6) is 0 Å². The Bertz CT molecular complexity index is 1000. The zero-order valence-corrected chi connectivity index (χ0v) is 21.9. The van der Waals surface area contributed by atoms with E-state index in [0.29, 0.717) is 31.8 Å². The molecule has 1 aromatic carbocycles. The van der Waals surface area contributed by atoms with Crippen molar-refractivity contribution < 1.29 is 23.9 Å². The highest BCUT2D eigenvalue weighted by molar-refractivity contribution is 6.08. The van der Waals surface area contributed by atoms with E-state index < -0.39 is 30.2 Å². The highest BCUT2D eigenvalue weighted by Gasteiger charge is 2.56. The summed E-state index contributed by atoms with van der Waals surface area (Å²) in [5.41, 5.74) is 0.245. The van der Waals surface area contributed by atoms with Crippen molar-refractivity contribution in [3.63, 3.8) is 0 Å². The molecule has 1 N–H and O–H groups in total. The number of ether oxygens (including phenoxy) is 1.